The minimum atomic E-state index is -0.225. The zero-order valence-electron chi connectivity index (χ0n) is 12.8. The number of nitrogens with one attached hydrogen (secondary N) is 2. The molecule has 0 saturated heterocycles. The van der Waals surface area contributed by atoms with E-state index in [4.69, 9.17) is 0 Å². The van der Waals surface area contributed by atoms with Gasteiger partial charge in [-0.05, 0) is 24.3 Å². The number of hydrogen-bond donors (Lipinski definition) is 2. The van der Waals surface area contributed by atoms with Crippen LogP contribution in [0.15, 0.2) is 54.2 Å². The summed E-state index contributed by atoms with van der Waals surface area (Å²) in [5, 5.41) is 7.89. The molecule has 2 aromatic heterocycles. The van der Waals surface area contributed by atoms with E-state index in [-0.39, 0.29) is 11.8 Å². The molecule has 0 spiro atoms. The number of carbonyl (C=O) groups excluding carboxylic acids is 2. The Labute approximate surface area is 142 Å². The fourth-order valence-corrected chi connectivity index (χ4v) is 2.84. The Morgan fingerprint density at radius 3 is 2.75 bits per heavy atom. The molecule has 6 nitrogen and oxygen atoms in total. The minimum Gasteiger partial charge on any atom is -0.322 e. The number of amides is 2. The third-order valence-corrected chi connectivity index (χ3v) is 3.88. The molecule has 0 aliphatic carbocycles. The van der Waals surface area contributed by atoms with Crippen LogP contribution in [0.25, 0.3) is 11.3 Å². The Kier molecular flexibility index (Phi) is 4.62. The summed E-state index contributed by atoms with van der Waals surface area (Å²) in [7, 11) is 0. The van der Waals surface area contributed by atoms with Crippen molar-refractivity contribution in [1.82, 2.24) is 9.97 Å². The quantitative estimate of drug-likeness (QED) is 0.763. The number of nitrogens with zero attached hydrogens (tertiary/aromatic N) is 2. The third kappa shape index (κ3) is 3.82. The van der Waals surface area contributed by atoms with Crippen LogP contribution in [0, 0.1) is 0 Å². The predicted octanol–water partition coefficient (Wildman–Crippen LogP) is 3.42. The number of thiazole rings is 1. The smallest absolute Gasteiger partial charge is 0.257 e. The molecule has 0 atom stereocenters. The van der Waals surface area contributed by atoms with Crippen molar-refractivity contribution in [3.05, 3.63) is 59.7 Å². The molecule has 2 heterocycles. The van der Waals surface area contributed by atoms with Crippen molar-refractivity contribution in [2.45, 2.75) is 6.92 Å². The minimum absolute atomic E-state index is 0.159. The van der Waals surface area contributed by atoms with E-state index >= 15 is 0 Å². The summed E-state index contributed by atoms with van der Waals surface area (Å²) in [4.78, 5) is 31.5. The van der Waals surface area contributed by atoms with Gasteiger partial charge in [-0.2, -0.15) is 0 Å². The first-order valence-electron chi connectivity index (χ1n) is 7.17. The highest BCUT2D eigenvalue weighted by Gasteiger charge is 2.09. The molecule has 24 heavy (non-hydrogen) atoms. The first-order valence-corrected chi connectivity index (χ1v) is 8.05. The van der Waals surface area contributed by atoms with Crippen molar-refractivity contribution in [1.29, 1.82) is 0 Å². The predicted molar refractivity (Wildman–Crippen MR) is 94.0 cm³/mol. The lowest BCUT2D eigenvalue weighted by molar-refractivity contribution is -0.114. The van der Waals surface area contributed by atoms with Crippen LogP contribution in [-0.2, 0) is 4.79 Å². The Hall–Kier alpha value is -3.06. The molecule has 0 aliphatic rings. The van der Waals surface area contributed by atoms with Crippen molar-refractivity contribution >= 4 is 34.0 Å². The molecule has 0 unspecified atom stereocenters. The maximum absolute atomic E-state index is 12.2. The number of pyridine rings is 1. The zero-order valence-corrected chi connectivity index (χ0v) is 13.6. The highest BCUT2D eigenvalue weighted by molar-refractivity contribution is 7.14. The van der Waals surface area contributed by atoms with Gasteiger partial charge in [-0.15, -0.1) is 11.3 Å². The van der Waals surface area contributed by atoms with Crippen LogP contribution in [-0.4, -0.2) is 21.8 Å². The Bertz CT molecular complexity index is 877. The van der Waals surface area contributed by atoms with E-state index < -0.39 is 0 Å². The van der Waals surface area contributed by atoms with Crippen molar-refractivity contribution in [2.75, 3.05) is 10.6 Å². The monoisotopic (exact) mass is 338 g/mol. The van der Waals surface area contributed by atoms with E-state index in [9.17, 15) is 9.59 Å². The second-order valence-electron chi connectivity index (χ2n) is 5.00. The molecule has 3 aromatic rings. The molecule has 7 heteroatoms. The SMILES string of the molecule is CC(=O)Nc1nc(-c2cccc(NC(=O)c3cccnc3)c2)cs1. The van der Waals surface area contributed by atoms with Crippen LogP contribution in [0.1, 0.15) is 17.3 Å². The maximum atomic E-state index is 12.2. The topological polar surface area (TPSA) is 84.0 Å². The molecule has 0 radical (unpaired) electrons. The number of aromatic nitrogens is 2. The summed E-state index contributed by atoms with van der Waals surface area (Å²) in [6.45, 7) is 1.44. The van der Waals surface area contributed by atoms with Crippen LogP contribution < -0.4 is 10.6 Å². The third-order valence-electron chi connectivity index (χ3n) is 3.13. The number of rotatable bonds is 4. The molecule has 3 rings (SSSR count). The molecule has 0 aliphatic heterocycles. The molecule has 0 fully saturated rings. The summed E-state index contributed by atoms with van der Waals surface area (Å²) in [6, 6.07) is 10.8. The zero-order chi connectivity index (χ0) is 16.9. The number of anilines is 2. The number of benzene rings is 1. The van der Waals surface area contributed by atoms with Crippen LogP contribution in [0.2, 0.25) is 0 Å². The van der Waals surface area contributed by atoms with E-state index in [0.29, 0.717) is 16.4 Å². The van der Waals surface area contributed by atoms with Gasteiger partial charge in [0.05, 0.1) is 11.3 Å². The lowest BCUT2D eigenvalue weighted by Crippen LogP contribution is -2.11. The lowest BCUT2D eigenvalue weighted by atomic mass is 10.1. The summed E-state index contributed by atoms with van der Waals surface area (Å²) < 4.78 is 0. The normalized spacial score (nSPS) is 10.2. The van der Waals surface area contributed by atoms with Gasteiger partial charge in [0.15, 0.2) is 5.13 Å². The Morgan fingerprint density at radius 2 is 2.00 bits per heavy atom. The van der Waals surface area contributed by atoms with Crippen molar-refractivity contribution < 1.29 is 9.59 Å². The molecular weight excluding hydrogens is 324 g/mol. The van der Waals surface area contributed by atoms with E-state index in [0.717, 1.165) is 11.3 Å². The highest BCUT2D eigenvalue weighted by Crippen LogP contribution is 2.26. The van der Waals surface area contributed by atoms with Crippen LogP contribution >= 0.6 is 11.3 Å². The molecule has 1 aromatic carbocycles. The van der Waals surface area contributed by atoms with Gasteiger partial charge in [-0.3, -0.25) is 14.6 Å². The first kappa shape index (κ1) is 15.8. The van der Waals surface area contributed by atoms with Crippen molar-refractivity contribution in [3.63, 3.8) is 0 Å². The van der Waals surface area contributed by atoms with E-state index in [1.807, 2.05) is 23.6 Å². The second-order valence-corrected chi connectivity index (χ2v) is 5.85. The Morgan fingerprint density at radius 1 is 1.12 bits per heavy atom. The number of carbonyl (C=O) groups is 2. The summed E-state index contributed by atoms with van der Waals surface area (Å²) in [6.07, 6.45) is 3.13. The van der Waals surface area contributed by atoms with E-state index in [1.165, 1.54) is 24.5 Å². The van der Waals surface area contributed by atoms with Gasteiger partial charge in [0.2, 0.25) is 5.91 Å². The fourth-order valence-electron chi connectivity index (χ4n) is 2.07. The van der Waals surface area contributed by atoms with Gasteiger partial charge < -0.3 is 10.6 Å². The molecule has 120 valence electrons. The van der Waals surface area contributed by atoms with Gasteiger partial charge in [0.1, 0.15) is 0 Å². The largest absolute Gasteiger partial charge is 0.322 e. The van der Waals surface area contributed by atoms with E-state index in [1.54, 1.807) is 24.4 Å². The standard InChI is InChI=1S/C17H14N4O2S/c1-11(22)19-17-21-15(10-24-17)12-4-2-6-14(8-12)20-16(23)13-5-3-7-18-9-13/h2-10H,1H3,(H,20,23)(H,19,21,22). The van der Waals surface area contributed by atoms with Crippen molar-refractivity contribution in [2.24, 2.45) is 0 Å². The van der Waals surface area contributed by atoms with Gasteiger partial charge in [-0.25, -0.2) is 4.98 Å². The van der Waals surface area contributed by atoms with Gasteiger partial charge in [0.25, 0.3) is 5.91 Å². The molecule has 0 bridgehead atoms. The fraction of sp³-hybridized carbons (Fsp3) is 0.0588. The van der Waals surface area contributed by atoms with Crippen molar-refractivity contribution in [3.8, 4) is 11.3 Å². The summed E-state index contributed by atoms with van der Waals surface area (Å²) in [5.41, 5.74) is 2.74. The van der Waals surface area contributed by atoms with E-state index in [2.05, 4.69) is 20.6 Å². The molecule has 2 N–H and O–H groups in total. The highest BCUT2D eigenvalue weighted by atomic mass is 32.1. The molecule has 2 amide bonds. The van der Waals surface area contributed by atoms with Crippen LogP contribution in [0.5, 0.6) is 0 Å². The van der Waals surface area contributed by atoms with Crippen LogP contribution in [0.3, 0.4) is 0 Å². The van der Waals surface area contributed by atoms with Gasteiger partial charge in [-0.1, -0.05) is 12.1 Å². The average molecular weight is 338 g/mol. The second kappa shape index (κ2) is 7.01. The maximum Gasteiger partial charge on any atom is 0.257 e. The van der Waals surface area contributed by atoms with Gasteiger partial charge >= 0.3 is 0 Å². The summed E-state index contributed by atoms with van der Waals surface area (Å²) >= 11 is 1.35. The lowest BCUT2D eigenvalue weighted by Gasteiger charge is -2.06. The van der Waals surface area contributed by atoms with Gasteiger partial charge in [0, 0.05) is 35.9 Å². The summed E-state index contributed by atoms with van der Waals surface area (Å²) in [5.74, 6) is -0.383. The average Bonchev–Trinajstić information content (AvgIpc) is 3.03. The first-order chi connectivity index (χ1) is 11.6. The molecular formula is C17H14N4O2S. The molecule has 0 saturated carbocycles. The number of hydrogen-bond acceptors (Lipinski definition) is 5. The Balaban J connectivity index is 1.78. The van der Waals surface area contributed by atoms with Crippen LogP contribution in [0.4, 0.5) is 10.8 Å².